The van der Waals surface area contributed by atoms with Gasteiger partial charge in [-0.25, -0.2) is 4.39 Å². The second-order valence-electron chi connectivity index (χ2n) is 6.17. The van der Waals surface area contributed by atoms with Crippen molar-refractivity contribution < 1.29 is 4.39 Å². The van der Waals surface area contributed by atoms with Crippen molar-refractivity contribution in [1.29, 1.82) is 0 Å². The van der Waals surface area contributed by atoms with E-state index in [2.05, 4.69) is 43.6 Å². The van der Waals surface area contributed by atoms with Crippen LogP contribution in [-0.2, 0) is 6.42 Å². The molecule has 0 amide bonds. The Morgan fingerprint density at radius 1 is 1.20 bits per heavy atom. The minimum atomic E-state index is -0.158. The van der Waals surface area contributed by atoms with E-state index in [0.29, 0.717) is 5.92 Å². The molecular weight excluding hydrogens is 269 g/mol. The van der Waals surface area contributed by atoms with Crippen LogP contribution in [0.15, 0.2) is 41.8 Å². The average Bonchev–Trinajstić information content (AvgIpc) is 2.86. The molecular formula is C17H22FNS. The summed E-state index contributed by atoms with van der Waals surface area (Å²) in [5.74, 6) is 0.137. The van der Waals surface area contributed by atoms with Gasteiger partial charge in [-0.1, -0.05) is 18.2 Å². The summed E-state index contributed by atoms with van der Waals surface area (Å²) < 4.78 is 13.5. The van der Waals surface area contributed by atoms with Crippen LogP contribution in [0.25, 0.3) is 0 Å². The first-order valence-electron chi connectivity index (χ1n) is 6.97. The monoisotopic (exact) mass is 291 g/mol. The number of hydrogen-bond acceptors (Lipinski definition) is 2. The highest BCUT2D eigenvalue weighted by Crippen LogP contribution is 2.24. The predicted octanol–water partition coefficient (Wildman–Crippen LogP) is 4.60. The van der Waals surface area contributed by atoms with Crippen molar-refractivity contribution in [2.24, 2.45) is 0 Å². The second-order valence-corrected chi connectivity index (χ2v) is 7.20. The third-order valence-corrected chi connectivity index (χ3v) is 4.13. The van der Waals surface area contributed by atoms with Crippen LogP contribution in [0, 0.1) is 5.82 Å². The molecule has 0 aliphatic carbocycles. The summed E-state index contributed by atoms with van der Waals surface area (Å²) in [4.78, 5) is 1.34. The molecule has 108 valence electrons. The Bertz CT molecular complexity index is 528. The maximum absolute atomic E-state index is 13.5. The second kappa shape index (κ2) is 6.51. The molecule has 0 saturated carbocycles. The van der Waals surface area contributed by atoms with Gasteiger partial charge in [0.1, 0.15) is 5.82 Å². The molecule has 2 rings (SSSR count). The molecule has 0 spiro atoms. The SMILES string of the molecule is CC(C)(C)NCC(Cc1cccs1)c1cccc(F)c1. The number of benzene rings is 1. The van der Waals surface area contributed by atoms with Gasteiger partial charge in [0.2, 0.25) is 0 Å². The third-order valence-electron chi connectivity index (χ3n) is 3.23. The quantitative estimate of drug-likeness (QED) is 0.849. The first-order chi connectivity index (χ1) is 9.44. The van der Waals surface area contributed by atoms with Crippen LogP contribution in [0.1, 0.15) is 37.1 Å². The molecule has 1 nitrogen and oxygen atoms in total. The van der Waals surface area contributed by atoms with Gasteiger partial charge in [-0.3, -0.25) is 0 Å². The molecule has 1 heterocycles. The van der Waals surface area contributed by atoms with E-state index < -0.39 is 0 Å². The Morgan fingerprint density at radius 3 is 2.60 bits per heavy atom. The Labute approximate surface area is 124 Å². The van der Waals surface area contributed by atoms with Crippen LogP contribution in [-0.4, -0.2) is 12.1 Å². The average molecular weight is 291 g/mol. The van der Waals surface area contributed by atoms with E-state index in [9.17, 15) is 4.39 Å². The van der Waals surface area contributed by atoms with Crippen LogP contribution in [0.4, 0.5) is 4.39 Å². The smallest absolute Gasteiger partial charge is 0.123 e. The van der Waals surface area contributed by atoms with Gasteiger partial charge in [0.05, 0.1) is 0 Å². The van der Waals surface area contributed by atoms with Gasteiger partial charge >= 0.3 is 0 Å². The fraction of sp³-hybridized carbons (Fsp3) is 0.412. The highest BCUT2D eigenvalue weighted by Gasteiger charge is 2.17. The van der Waals surface area contributed by atoms with E-state index in [-0.39, 0.29) is 11.4 Å². The van der Waals surface area contributed by atoms with Gasteiger partial charge in [0.15, 0.2) is 0 Å². The van der Waals surface area contributed by atoms with Crippen molar-refractivity contribution >= 4 is 11.3 Å². The summed E-state index contributed by atoms with van der Waals surface area (Å²) >= 11 is 1.76. The van der Waals surface area contributed by atoms with Crippen LogP contribution in [0.5, 0.6) is 0 Å². The first kappa shape index (κ1) is 15.2. The minimum Gasteiger partial charge on any atom is -0.311 e. The van der Waals surface area contributed by atoms with Crippen LogP contribution < -0.4 is 5.32 Å². The molecule has 0 aliphatic rings. The lowest BCUT2D eigenvalue weighted by atomic mass is 9.93. The standard InChI is InChI=1S/C17H22FNS/c1-17(2,3)19-12-14(11-16-8-5-9-20-16)13-6-4-7-15(18)10-13/h4-10,14,19H,11-12H2,1-3H3. The van der Waals surface area contributed by atoms with E-state index in [4.69, 9.17) is 0 Å². The highest BCUT2D eigenvalue weighted by molar-refractivity contribution is 7.09. The van der Waals surface area contributed by atoms with Crippen molar-refractivity contribution in [2.75, 3.05) is 6.54 Å². The molecule has 0 aliphatic heterocycles. The maximum Gasteiger partial charge on any atom is 0.123 e. The Balaban J connectivity index is 2.15. The maximum atomic E-state index is 13.5. The van der Waals surface area contributed by atoms with Crippen molar-refractivity contribution in [3.63, 3.8) is 0 Å². The number of nitrogens with one attached hydrogen (secondary N) is 1. The molecule has 1 unspecified atom stereocenters. The summed E-state index contributed by atoms with van der Waals surface area (Å²) in [7, 11) is 0. The molecule has 1 aromatic carbocycles. The molecule has 1 atom stereocenters. The van der Waals surface area contributed by atoms with Crippen LogP contribution >= 0.6 is 11.3 Å². The summed E-state index contributed by atoms with van der Waals surface area (Å²) in [6.45, 7) is 7.31. The molecule has 1 aromatic heterocycles. The zero-order valence-electron chi connectivity index (χ0n) is 12.3. The lowest BCUT2D eigenvalue weighted by Crippen LogP contribution is -2.39. The molecule has 3 heteroatoms. The van der Waals surface area contributed by atoms with Gasteiger partial charge in [-0.15, -0.1) is 11.3 Å². The zero-order chi connectivity index (χ0) is 14.6. The lowest BCUT2D eigenvalue weighted by Gasteiger charge is -2.25. The van der Waals surface area contributed by atoms with Crippen LogP contribution in [0.2, 0.25) is 0 Å². The molecule has 20 heavy (non-hydrogen) atoms. The Morgan fingerprint density at radius 2 is 2.00 bits per heavy atom. The van der Waals surface area contributed by atoms with Crippen LogP contribution in [0.3, 0.4) is 0 Å². The summed E-state index contributed by atoms with van der Waals surface area (Å²) in [5.41, 5.74) is 1.14. The van der Waals surface area contributed by atoms with Crippen molar-refractivity contribution in [3.8, 4) is 0 Å². The van der Waals surface area contributed by atoms with E-state index in [1.807, 2.05) is 6.07 Å². The van der Waals surface area contributed by atoms with Crippen molar-refractivity contribution in [3.05, 3.63) is 58.0 Å². The first-order valence-corrected chi connectivity index (χ1v) is 7.85. The summed E-state index contributed by atoms with van der Waals surface area (Å²) in [6, 6.07) is 11.2. The van der Waals surface area contributed by atoms with E-state index >= 15 is 0 Å². The normalized spacial score (nSPS) is 13.4. The molecule has 0 saturated heterocycles. The number of halogens is 1. The van der Waals surface area contributed by atoms with Crippen molar-refractivity contribution in [1.82, 2.24) is 5.32 Å². The van der Waals surface area contributed by atoms with E-state index in [1.54, 1.807) is 23.5 Å². The number of thiophene rings is 1. The third kappa shape index (κ3) is 4.73. The van der Waals surface area contributed by atoms with E-state index in [0.717, 1.165) is 18.5 Å². The molecule has 0 fully saturated rings. The Hall–Kier alpha value is -1.19. The highest BCUT2D eigenvalue weighted by atomic mass is 32.1. The van der Waals surface area contributed by atoms with Gasteiger partial charge < -0.3 is 5.32 Å². The topological polar surface area (TPSA) is 12.0 Å². The van der Waals surface area contributed by atoms with Gasteiger partial charge in [0.25, 0.3) is 0 Å². The summed E-state index contributed by atoms with van der Waals surface area (Å²) in [6.07, 6.45) is 0.949. The fourth-order valence-electron chi connectivity index (χ4n) is 2.17. The lowest BCUT2D eigenvalue weighted by molar-refractivity contribution is 0.405. The molecule has 0 bridgehead atoms. The van der Waals surface area contributed by atoms with Gasteiger partial charge in [-0.05, 0) is 56.3 Å². The van der Waals surface area contributed by atoms with E-state index in [1.165, 1.54) is 10.9 Å². The number of hydrogen-bond donors (Lipinski definition) is 1. The molecule has 2 aromatic rings. The molecule has 1 N–H and O–H groups in total. The summed E-state index contributed by atoms with van der Waals surface area (Å²) in [5, 5.41) is 5.63. The van der Waals surface area contributed by atoms with Gasteiger partial charge in [0, 0.05) is 22.9 Å². The largest absolute Gasteiger partial charge is 0.311 e. The number of rotatable bonds is 5. The molecule has 0 radical (unpaired) electrons. The minimum absolute atomic E-state index is 0.0705. The fourth-order valence-corrected chi connectivity index (χ4v) is 2.96. The zero-order valence-corrected chi connectivity index (χ0v) is 13.1. The van der Waals surface area contributed by atoms with Gasteiger partial charge in [-0.2, -0.15) is 0 Å². The Kier molecular flexibility index (Phi) is 4.95. The predicted molar refractivity (Wildman–Crippen MR) is 84.9 cm³/mol. The van der Waals surface area contributed by atoms with Crippen molar-refractivity contribution in [2.45, 2.75) is 38.6 Å².